The number of benzene rings is 2. The van der Waals surface area contributed by atoms with Crippen molar-refractivity contribution in [2.24, 2.45) is 0 Å². The lowest BCUT2D eigenvalue weighted by atomic mass is 10.1. The van der Waals surface area contributed by atoms with Crippen LogP contribution in [0.2, 0.25) is 0 Å². The van der Waals surface area contributed by atoms with E-state index in [2.05, 4.69) is 22.3 Å². The Labute approximate surface area is 161 Å². The number of alkyl halides is 2. The molecule has 3 nitrogen and oxygen atoms in total. The maximum atomic E-state index is 14.3. The van der Waals surface area contributed by atoms with Gasteiger partial charge in [0.2, 0.25) is 0 Å². The molecule has 0 amide bonds. The van der Waals surface area contributed by atoms with Gasteiger partial charge in [-0.25, -0.2) is 13.2 Å². The SMILES string of the molecule is N#Cc1c(F)cc(OC(F)(F)c2ccc(-c3ccc(S)cn3)cc2F)cc1F. The van der Waals surface area contributed by atoms with E-state index in [1.165, 1.54) is 24.4 Å². The number of hydrogen-bond donors (Lipinski definition) is 1. The summed E-state index contributed by atoms with van der Waals surface area (Å²) >= 11 is 4.07. The number of ether oxygens (including phenoxy) is 1. The van der Waals surface area contributed by atoms with E-state index in [1.54, 1.807) is 6.07 Å². The molecule has 0 aliphatic rings. The van der Waals surface area contributed by atoms with Crippen LogP contribution in [0.15, 0.2) is 53.6 Å². The molecule has 0 saturated carbocycles. The number of pyridine rings is 1. The highest BCUT2D eigenvalue weighted by Gasteiger charge is 2.38. The number of halogens is 5. The number of aromatic nitrogens is 1. The summed E-state index contributed by atoms with van der Waals surface area (Å²) < 4.78 is 74.4. The quantitative estimate of drug-likeness (QED) is 0.461. The van der Waals surface area contributed by atoms with Crippen LogP contribution in [-0.4, -0.2) is 4.98 Å². The van der Waals surface area contributed by atoms with Gasteiger partial charge >= 0.3 is 6.11 Å². The standard InChI is InChI=1S/C19H9F5N2OS/c20-15-6-11(7-16(21)13(15)8-25)27-19(23,24)14-3-1-10(5-17(14)22)18-4-2-12(28)9-26-18/h1-7,9,28H. The Balaban J connectivity index is 1.92. The Bertz CT molecular complexity index is 1060. The van der Waals surface area contributed by atoms with Crippen molar-refractivity contribution in [3.8, 4) is 23.1 Å². The lowest BCUT2D eigenvalue weighted by molar-refractivity contribution is -0.187. The summed E-state index contributed by atoms with van der Waals surface area (Å²) in [7, 11) is 0. The van der Waals surface area contributed by atoms with Crippen LogP contribution in [0.25, 0.3) is 11.3 Å². The molecule has 0 bridgehead atoms. The monoisotopic (exact) mass is 408 g/mol. The largest absolute Gasteiger partial charge is 0.429 e. The van der Waals surface area contributed by atoms with Gasteiger partial charge in [-0.1, -0.05) is 6.07 Å². The van der Waals surface area contributed by atoms with E-state index in [0.29, 0.717) is 22.7 Å². The van der Waals surface area contributed by atoms with Gasteiger partial charge in [-0.2, -0.15) is 14.0 Å². The van der Waals surface area contributed by atoms with Gasteiger partial charge < -0.3 is 4.74 Å². The first-order valence-corrected chi connectivity index (χ1v) is 8.07. The van der Waals surface area contributed by atoms with Crippen molar-refractivity contribution in [2.45, 2.75) is 11.0 Å². The lowest BCUT2D eigenvalue weighted by Crippen LogP contribution is -2.23. The number of nitrogens with zero attached hydrogens (tertiary/aromatic N) is 2. The Hall–Kier alpha value is -3.12. The molecule has 1 aromatic heterocycles. The van der Waals surface area contributed by atoms with Gasteiger partial charge in [-0.3, -0.25) is 4.98 Å². The number of rotatable bonds is 4. The van der Waals surface area contributed by atoms with Crippen LogP contribution in [-0.2, 0) is 6.11 Å². The molecule has 0 spiro atoms. The summed E-state index contributed by atoms with van der Waals surface area (Å²) in [6.07, 6.45) is -2.81. The van der Waals surface area contributed by atoms with E-state index >= 15 is 0 Å². The fraction of sp³-hybridized carbons (Fsp3) is 0.0526. The first-order valence-electron chi connectivity index (χ1n) is 7.62. The topological polar surface area (TPSA) is 45.9 Å². The minimum Gasteiger partial charge on any atom is -0.429 e. The molecule has 0 fully saturated rings. The normalized spacial score (nSPS) is 11.2. The summed E-state index contributed by atoms with van der Waals surface area (Å²) in [5, 5.41) is 8.59. The van der Waals surface area contributed by atoms with Crippen LogP contribution in [0.1, 0.15) is 11.1 Å². The summed E-state index contributed by atoms with van der Waals surface area (Å²) in [6.45, 7) is 0. The number of thiol groups is 1. The number of nitriles is 1. The van der Waals surface area contributed by atoms with Crippen molar-refractivity contribution in [3.63, 3.8) is 0 Å². The molecule has 3 aromatic rings. The summed E-state index contributed by atoms with van der Waals surface area (Å²) in [4.78, 5) is 4.59. The highest BCUT2D eigenvalue weighted by molar-refractivity contribution is 7.80. The van der Waals surface area contributed by atoms with E-state index < -0.39 is 40.4 Å². The van der Waals surface area contributed by atoms with Crippen LogP contribution in [0.3, 0.4) is 0 Å². The van der Waals surface area contributed by atoms with Crippen LogP contribution >= 0.6 is 12.6 Å². The molecule has 0 atom stereocenters. The van der Waals surface area contributed by atoms with E-state index in [4.69, 9.17) is 5.26 Å². The predicted octanol–water partition coefficient (Wildman–Crippen LogP) is 5.45. The molecule has 0 saturated heterocycles. The molecule has 1 heterocycles. The smallest absolute Gasteiger partial charge is 0.429 e. The molecule has 9 heteroatoms. The average molecular weight is 408 g/mol. The molecule has 0 unspecified atom stereocenters. The molecule has 0 aliphatic heterocycles. The summed E-state index contributed by atoms with van der Waals surface area (Å²) in [6, 6.07) is 8.07. The van der Waals surface area contributed by atoms with Gasteiger partial charge in [0, 0.05) is 28.8 Å². The van der Waals surface area contributed by atoms with Crippen LogP contribution < -0.4 is 4.74 Å². The first kappa shape index (κ1) is 19.6. The highest BCUT2D eigenvalue weighted by atomic mass is 32.1. The zero-order valence-corrected chi connectivity index (χ0v) is 14.7. The average Bonchev–Trinajstić information content (AvgIpc) is 2.61. The van der Waals surface area contributed by atoms with Crippen molar-refractivity contribution in [1.29, 1.82) is 5.26 Å². The molecule has 0 N–H and O–H groups in total. The minimum absolute atomic E-state index is 0.237. The molecule has 3 rings (SSSR count). The second-order valence-corrected chi connectivity index (χ2v) is 6.11. The van der Waals surface area contributed by atoms with Crippen LogP contribution in [0.5, 0.6) is 5.75 Å². The maximum Gasteiger partial charge on any atom is 0.429 e. The number of hydrogen-bond acceptors (Lipinski definition) is 4. The van der Waals surface area contributed by atoms with E-state index in [-0.39, 0.29) is 5.56 Å². The third-order valence-electron chi connectivity index (χ3n) is 3.70. The minimum atomic E-state index is -4.22. The Morgan fingerprint density at radius 1 is 0.964 bits per heavy atom. The van der Waals surface area contributed by atoms with Gasteiger partial charge in [-0.15, -0.1) is 12.6 Å². The van der Waals surface area contributed by atoms with Crippen molar-refractivity contribution in [3.05, 3.63) is 77.2 Å². The maximum absolute atomic E-state index is 14.3. The Kier molecular flexibility index (Phi) is 5.25. The third-order valence-corrected chi connectivity index (χ3v) is 3.96. The molecule has 0 radical (unpaired) electrons. The van der Waals surface area contributed by atoms with Crippen LogP contribution in [0, 0.1) is 28.8 Å². The first-order chi connectivity index (χ1) is 13.2. The zero-order valence-electron chi connectivity index (χ0n) is 13.8. The van der Waals surface area contributed by atoms with E-state index in [0.717, 1.165) is 12.1 Å². The predicted molar refractivity (Wildman–Crippen MR) is 92.5 cm³/mol. The van der Waals surface area contributed by atoms with Gasteiger partial charge in [0.25, 0.3) is 0 Å². The van der Waals surface area contributed by atoms with Gasteiger partial charge in [0.15, 0.2) is 0 Å². The second-order valence-electron chi connectivity index (χ2n) is 5.59. The summed E-state index contributed by atoms with van der Waals surface area (Å²) in [5.74, 6) is -4.94. The lowest BCUT2D eigenvalue weighted by Gasteiger charge is -2.19. The fourth-order valence-electron chi connectivity index (χ4n) is 2.39. The van der Waals surface area contributed by atoms with Crippen molar-refractivity contribution >= 4 is 12.6 Å². The summed E-state index contributed by atoms with van der Waals surface area (Å²) in [5.41, 5.74) is -1.50. The van der Waals surface area contributed by atoms with E-state index in [1.807, 2.05) is 0 Å². The highest BCUT2D eigenvalue weighted by Crippen LogP contribution is 2.35. The molecule has 2 aromatic carbocycles. The van der Waals surface area contributed by atoms with Crippen molar-refractivity contribution in [2.75, 3.05) is 0 Å². The van der Waals surface area contributed by atoms with Gasteiger partial charge in [-0.05, 0) is 24.3 Å². The third kappa shape index (κ3) is 3.92. The van der Waals surface area contributed by atoms with Gasteiger partial charge in [0.1, 0.15) is 34.8 Å². The Morgan fingerprint density at radius 2 is 1.64 bits per heavy atom. The van der Waals surface area contributed by atoms with Crippen molar-refractivity contribution in [1.82, 2.24) is 4.98 Å². The molecule has 0 aliphatic carbocycles. The molecule has 142 valence electrons. The molecule has 28 heavy (non-hydrogen) atoms. The van der Waals surface area contributed by atoms with Crippen LogP contribution in [0.4, 0.5) is 22.0 Å². The van der Waals surface area contributed by atoms with Crippen molar-refractivity contribution < 1.29 is 26.7 Å². The molecular weight excluding hydrogens is 399 g/mol. The second kappa shape index (κ2) is 7.48. The molecular formula is C19H9F5N2OS. The van der Waals surface area contributed by atoms with Gasteiger partial charge in [0.05, 0.1) is 11.3 Å². The fourth-order valence-corrected chi connectivity index (χ4v) is 2.52. The zero-order chi connectivity index (χ0) is 20.5. The van der Waals surface area contributed by atoms with E-state index in [9.17, 15) is 22.0 Å². The Morgan fingerprint density at radius 3 is 2.18 bits per heavy atom.